The molecule has 6 unspecified atom stereocenters. The minimum atomic E-state index is -3.20. The van der Waals surface area contributed by atoms with E-state index in [-0.39, 0.29) is 12.2 Å². The van der Waals surface area contributed by atoms with Crippen LogP contribution in [0, 0.1) is 5.41 Å². The molecule has 0 aliphatic carbocycles. The Morgan fingerprint density at radius 1 is 1.09 bits per heavy atom. The van der Waals surface area contributed by atoms with Gasteiger partial charge >= 0.3 is 16.5 Å². The number of aliphatic hydroxyl groups is 4. The quantitative estimate of drug-likeness (QED) is 0.0946. The molecule has 15 heteroatoms. The summed E-state index contributed by atoms with van der Waals surface area (Å²) >= 11 is 0. The Kier molecular flexibility index (Phi) is 17.8. The fraction of sp³-hybridized carbons (Fsp3) is 0.714. The van der Waals surface area contributed by atoms with Crippen LogP contribution in [-0.2, 0) is 18.2 Å². The SMILES string of the molecule is CC(O)C(O)C(O)C(O)C=O.N=C(N)N.O=[PH](O)O[PH](=O)O. The third-order valence-corrected chi connectivity index (χ3v) is 2.91. The van der Waals surface area contributed by atoms with Crippen molar-refractivity contribution in [3.05, 3.63) is 0 Å². The number of rotatable bonds is 6. The Bertz CT molecular complexity index is 352. The van der Waals surface area contributed by atoms with Gasteiger partial charge in [-0.05, 0) is 6.92 Å². The zero-order valence-corrected chi connectivity index (χ0v) is 13.4. The highest BCUT2D eigenvalue weighted by Gasteiger charge is 2.27. The van der Waals surface area contributed by atoms with Crippen LogP contribution < -0.4 is 11.5 Å². The van der Waals surface area contributed by atoms with Crippen LogP contribution in [0.3, 0.4) is 0 Å². The molecule has 0 rings (SSSR count). The normalized spacial score (nSPS) is 18.0. The molecule has 13 nitrogen and oxygen atoms in total. The summed E-state index contributed by atoms with van der Waals surface area (Å²) in [6.45, 7) is 1.24. The van der Waals surface area contributed by atoms with Gasteiger partial charge in [0.1, 0.15) is 18.3 Å². The van der Waals surface area contributed by atoms with E-state index in [0.717, 1.165) is 0 Å². The standard InChI is InChI=1S/C6H12O5.CH5N3.H4O5P2/c1-3(8)5(10)6(11)4(9)2-7;2-1(3)4;1-6(2)5-7(3)4/h2-6,8-11H,1H3;(H5,2,3,4);6-7H,(H,1,2)(H,3,4). The molecule has 0 fully saturated rings. The van der Waals surface area contributed by atoms with Gasteiger partial charge in [0.25, 0.3) is 0 Å². The van der Waals surface area contributed by atoms with Crippen LogP contribution in [0.5, 0.6) is 0 Å². The Hall–Kier alpha value is -0.880. The van der Waals surface area contributed by atoms with Crippen LogP contribution in [0.25, 0.3) is 0 Å². The summed E-state index contributed by atoms with van der Waals surface area (Å²) in [7, 11) is -6.40. The van der Waals surface area contributed by atoms with Crippen molar-refractivity contribution in [1.29, 1.82) is 5.41 Å². The highest BCUT2D eigenvalue weighted by molar-refractivity contribution is 7.46. The number of carbonyl (C=O) groups is 1. The molecule has 134 valence electrons. The minimum absolute atomic E-state index is 0.0935. The maximum Gasteiger partial charge on any atom is 0.323 e. The van der Waals surface area contributed by atoms with Crippen molar-refractivity contribution < 1.29 is 48.4 Å². The molecule has 0 spiro atoms. The summed E-state index contributed by atoms with van der Waals surface area (Å²) in [4.78, 5) is 25.3. The van der Waals surface area contributed by atoms with Crippen LogP contribution >= 0.6 is 16.5 Å². The lowest BCUT2D eigenvalue weighted by Crippen LogP contribution is -2.43. The van der Waals surface area contributed by atoms with E-state index < -0.39 is 40.9 Å². The van der Waals surface area contributed by atoms with Crippen LogP contribution in [-0.4, -0.2) is 66.9 Å². The second-order valence-corrected chi connectivity index (χ2v) is 5.32. The zero-order chi connectivity index (χ0) is 18.5. The lowest BCUT2D eigenvalue weighted by atomic mass is 10.1. The molecule has 0 bridgehead atoms. The number of guanidine groups is 1. The molecular formula is C7H21N3O10P2. The van der Waals surface area contributed by atoms with E-state index in [1.165, 1.54) is 6.92 Å². The molecule has 0 radical (unpaired) electrons. The summed E-state index contributed by atoms with van der Waals surface area (Å²) in [6, 6.07) is 0. The van der Waals surface area contributed by atoms with Crippen LogP contribution in [0.1, 0.15) is 6.92 Å². The Balaban J connectivity index is -0.000000280. The van der Waals surface area contributed by atoms with Crippen molar-refractivity contribution in [1.82, 2.24) is 0 Å². The lowest BCUT2D eigenvalue weighted by Gasteiger charge is -2.21. The predicted octanol–water partition coefficient (Wildman–Crippen LogP) is -3.75. The van der Waals surface area contributed by atoms with Crippen molar-refractivity contribution in [3.63, 3.8) is 0 Å². The molecule has 0 aliphatic heterocycles. The largest absolute Gasteiger partial charge is 0.391 e. The third-order valence-electron chi connectivity index (χ3n) is 1.51. The molecule has 11 N–H and O–H groups in total. The molecule has 0 aromatic carbocycles. The Morgan fingerprint density at radius 3 is 1.55 bits per heavy atom. The number of hydrogen-bond donors (Lipinski definition) is 9. The molecule has 22 heavy (non-hydrogen) atoms. The second-order valence-electron chi connectivity index (χ2n) is 3.44. The molecule has 0 aromatic rings. The zero-order valence-electron chi connectivity index (χ0n) is 11.4. The van der Waals surface area contributed by atoms with Crippen molar-refractivity contribution in [3.8, 4) is 0 Å². The van der Waals surface area contributed by atoms with E-state index in [1.54, 1.807) is 0 Å². The van der Waals surface area contributed by atoms with Crippen LogP contribution in [0.2, 0.25) is 0 Å². The molecule has 0 heterocycles. The third kappa shape index (κ3) is 21.4. The lowest BCUT2D eigenvalue weighted by molar-refractivity contribution is -0.132. The van der Waals surface area contributed by atoms with Gasteiger partial charge in [-0.2, -0.15) is 0 Å². The van der Waals surface area contributed by atoms with E-state index in [2.05, 4.69) is 15.8 Å². The van der Waals surface area contributed by atoms with Gasteiger partial charge in [0, 0.05) is 0 Å². The minimum Gasteiger partial charge on any atom is -0.391 e. The Morgan fingerprint density at radius 2 is 1.41 bits per heavy atom. The van der Waals surface area contributed by atoms with E-state index >= 15 is 0 Å². The number of nitrogens with one attached hydrogen (secondary N) is 1. The van der Waals surface area contributed by atoms with Gasteiger partial charge in [-0.3, -0.25) is 14.5 Å². The average Bonchev–Trinajstić information content (AvgIpc) is 2.34. The van der Waals surface area contributed by atoms with E-state index in [4.69, 9.17) is 35.6 Å². The molecule has 0 saturated carbocycles. The average molecular weight is 369 g/mol. The molecular weight excluding hydrogens is 348 g/mol. The summed E-state index contributed by atoms with van der Waals surface area (Å²) in [6.07, 6.45) is -5.88. The van der Waals surface area contributed by atoms with E-state index in [9.17, 15) is 13.9 Å². The summed E-state index contributed by atoms with van der Waals surface area (Å²) in [5.41, 5.74) is 8.94. The number of carbonyl (C=O) groups excluding carboxylic acids is 1. The van der Waals surface area contributed by atoms with Gasteiger partial charge in [-0.1, -0.05) is 0 Å². The van der Waals surface area contributed by atoms with Gasteiger partial charge in [0.15, 0.2) is 12.2 Å². The second kappa shape index (κ2) is 15.0. The first-order valence-corrected chi connectivity index (χ1v) is 7.80. The van der Waals surface area contributed by atoms with Gasteiger partial charge in [-0.15, -0.1) is 0 Å². The number of aldehydes is 1. The summed E-state index contributed by atoms with van der Waals surface area (Å²) < 4.78 is 22.3. The topological polar surface area (TPSA) is 258 Å². The predicted molar refractivity (Wildman–Crippen MR) is 75.4 cm³/mol. The highest BCUT2D eigenvalue weighted by atomic mass is 31.2. The monoisotopic (exact) mass is 369 g/mol. The summed E-state index contributed by atoms with van der Waals surface area (Å²) in [5.74, 6) is -0.333. The molecule has 0 saturated heterocycles. The van der Waals surface area contributed by atoms with Crippen molar-refractivity contribution in [2.24, 2.45) is 11.5 Å². The van der Waals surface area contributed by atoms with Crippen molar-refractivity contribution in [2.45, 2.75) is 31.3 Å². The Labute approximate surface area is 126 Å². The van der Waals surface area contributed by atoms with Crippen LogP contribution in [0.15, 0.2) is 0 Å². The van der Waals surface area contributed by atoms with Crippen LogP contribution in [0.4, 0.5) is 0 Å². The maximum absolute atomic E-state index is 9.87. The maximum atomic E-state index is 9.87. The highest BCUT2D eigenvalue weighted by Crippen LogP contribution is 2.30. The molecule has 0 aromatic heterocycles. The van der Waals surface area contributed by atoms with Gasteiger partial charge in [-0.25, -0.2) is 4.31 Å². The molecule has 0 aliphatic rings. The van der Waals surface area contributed by atoms with E-state index in [0.29, 0.717) is 0 Å². The first kappa shape index (κ1) is 26.0. The first-order chi connectivity index (χ1) is 9.86. The first-order valence-electron chi connectivity index (χ1n) is 5.27. The van der Waals surface area contributed by atoms with Gasteiger partial charge < -0.3 is 46.5 Å². The number of hydrogen-bond acceptors (Lipinski definition) is 9. The molecule has 6 atom stereocenters. The fourth-order valence-electron chi connectivity index (χ4n) is 0.643. The van der Waals surface area contributed by atoms with Crippen molar-refractivity contribution >= 4 is 28.8 Å². The summed E-state index contributed by atoms with van der Waals surface area (Å²) in [5, 5.41) is 41.2. The van der Waals surface area contributed by atoms with E-state index in [1.807, 2.05) is 0 Å². The number of nitrogens with two attached hydrogens (primary N) is 2. The smallest absolute Gasteiger partial charge is 0.323 e. The molecule has 0 amide bonds. The van der Waals surface area contributed by atoms with Gasteiger partial charge in [0.05, 0.1) is 6.10 Å². The van der Waals surface area contributed by atoms with Gasteiger partial charge in [0.2, 0.25) is 0 Å². The fourth-order valence-corrected chi connectivity index (χ4v) is 1.24. The number of aliphatic hydroxyl groups excluding tert-OH is 4. The van der Waals surface area contributed by atoms with Crippen molar-refractivity contribution in [2.75, 3.05) is 0 Å².